The number of anilines is 2. The highest BCUT2D eigenvalue weighted by Gasteiger charge is 2.16. The zero-order chi connectivity index (χ0) is 23.5. The highest BCUT2D eigenvalue weighted by molar-refractivity contribution is 7.17. The Balaban J connectivity index is 1.56. The van der Waals surface area contributed by atoms with Gasteiger partial charge in [0, 0.05) is 41.4 Å². The average Bonchev–Trinajstić information content (AvgIpc) is 3.22. The molecule has 10 nitrogen and oxygen atoms in total. The van der Waals surface area contributed by atoms with Crippen molar-refractivity contribution in [2.24, 2.45) is 0 Å². The number of nitrogens with one attached hydrogen (secondary N) is 2. The molecule has 0 aliphatic rings. The second-order valence-corrected chi connectivity index (χ2v) is 7.98. The molecule has 0 radical (unpaired) electrons. The summed E-state index contributed by atoms with van der Waals surface area (Å²) in [5.74, 6) is -0.617. The van der Waals surface area contributed by atoms with Crippen LogP contribution in [0.15, 0.2) is 65.0 Å². The van der Waals surface area contributed by atoms with Crippen molar-refractivity contribution in [3.05, 3.63) is 80.7 Å². The van der Waals surface area contributed by atoms with Gasteiger partial charge in [-0.15, -0.1) is 11.3 Å². The zero-order valence-corrected chi connectivity index (χ0v) is 18.1. The molecule has 4 aromatic rings. The lowest BCUT2D eigenvalue weighted by atomic mass is 10.1. The molecule has 2 heterocycles. The van der Waals surface area contributed by atoms with E-state index < -0.39 is 10.8 Å². The summed E-state index contributed by atoms with van der Waals surface area (Å²) in [7, 11) is 0. The summed E-state index contributed by atoms with van der Waals surface area (Å²) in [6.45, 7) is 1.16. The van der Waals surface area contributed by atoms with Crippen molar-refractivity contribution in [1.82, 2.24) is 9.55 Å². The Hall–Kier alpha value is -4.38. The maximum absolute atomic E-state index is 13.1. The first-order valence-electron chi connectivity index (χ1n) is 9.71. The van der Waals surface area contributed by atoms with Crippen molar-refractivity contribution >= 4 is 50.4 Å². The molecule has 0 bridgehead atoms. The van der Waals surface area contributed by atoms with Gasteiger partial charge in [-0.1, -0.05) is 0 Å². The number of benzene rings is 2. The summed E-state index contributed by atoms with van der Waals surface area (Å²) in [4.78, 5) is 51.9. The van der Waals surface area contributed by atoms with E-state index in [-0.39, 0.29) is 23.7 Å². The Morgan fingerprint density at radius 2 is 1.70 bits per heavy atom. The number of carbonyl (C=O) groups excluding carboxylic acids is 2. The lowest BCUT2D eigenvalue weighted by molar-refractivity contribution is -0.384. The van der Waals surface area contributed by atoms with E-state index in [0.29, 0.717) is 32.7 Å². The number of amides is 2. The normalized spacial score (nSPS) is 10.7. The Labute approximate surface area is 190 Å². The van der Waals surface area contributed by atoms with Gasteiger partial charge in [0.2, 0.25) is 11.8 Å². The van der Waals surface area contributed by atoms with Gasteiger partial charge in [-0.2, -0.15) is 0 Å². The van der Waals surface area contributed by atoms with Crippen molar-refractivity contribution in [2.45, 2.75) is 13.5 Å². The second-order valence-electron chi connectivity index (χ2n) is 7.12. The smallest absolute Gasteiger partial charge is 0.269 e. The van der Waals surface area contributed by atoms with E-state index in [4.69, 9.17) is 0 Å². The predicted octanol–water partition coefficient (Wildman–Crippen LogP) is 3.63. The van der Waals surface area contributed by atoms with Gasteiger partial charge in [0.05, 0.1) is 16.6 Å². The SMILES string of the molecule is CC(=O)Nc1ccc(NC(=O)Cn2cnc3scc(-c4ccc([N+](=O)[O-])cc4)c3c2=O)cc1. The van der Waals surface area contributed by atoms with Crippen LogP contribution < -0.4 is 16.2 Å². The molecule has 2 N–H and O–H groups in total. The minimum Gasteiger partial charge on any atom is -0.326 e. The van der Waals surface area contributed by atoms with Crippen LogP contribution in [-0.4, -0.2) is 26.3 Å². The Morgan fingerprint density at radius 1 is 1.06 bits per heavy atom. The molecule has 2 aromatic carbocycles. The van der Waals surface area contributed by atoms with Crippen LogP contribution in [0.4, 0.5) is 17.1 Å². The van der Waals surface area contributed by atoms with Crippen LogP contribution in [0.2, 0.25) is 0 Å². The summed E-state index contributed by atoms with van der Waals surface area (Å²) in [6.07, 6.45) is 1.32. The third-order valence-electron chi connectivity index (χ3n) is 4.75. The number of aromatic nitrogens is 2. The maximum Gasteiger partial charge on any atom is 0.269 e. The van der Waals surface area contributed by atoms with Gasteiger partial charge in [-0.25, -0.2) is 4.98 Å². The number of fused-ring (bicyclic) bond motifs is 1. The molecule has 0 aliphatic heterocycles. The molecular weight excluding hydrogens is 446 g/mol. The van der Waals surface area contributed by atoms with Crippen LogP contribution in [0.5, 0.6) is 0 Å². The molecule has 166 valence electrons. The van der Waals surface area contributed by atoms with Crippen molar-refractivity contribution in [1.29, 1.82) is 0 Å². The first kappa shape index (κ1) is 21.8. The van der Waals surface area contributed by atoms with Crippen molar-refractivity contribution in [2.75, 3.05) is 10.6 Å². The van der Waals surface area contributed by atoms with E-state index in [1.54, 1.807) is 41.8 Å². The zero-order valence-electron chi connectivity index (χ0n) is 17.3. The fraction of sp³-hybridized carbons (Fsp3) is 0.0909. The van der Waals surface area contributed by atoms with Gasteiger partial charge in [0.15, 0.2) is 0 Å². The molecular formula is C22H17N5O5S. The Kier molecular flexibility index (Phi) is 5.96. The number of hydrogen-bond acceptors (Lipinski definition) is 7. The lowest BCUT2D eigenvalue weighted by Gasteiger charge is -2.09. The molecule has 0 aliphatic carbocycles. The van der Waals surface area contributed by atoms with E-state index in [1.807, 2.05) is 0 Å². The summed E-state index contributed by atoms with van der Waals surface area (Å²) >= 11 is 1.28. The lowest BCUT2D eigenvalue weighted by Crippen LogP contribution is -2.27. The van der Waals surface area contributed by atoms with Crippen molar-refractivity contribution in [3.8, 4) is 11.1 Å². The van der Waals surface area contributed by atoms with E-state index >= 15 is 0 Å². The van der Waals surface area contributed by atoms with Crippen LogP contribution >= 0.6 is 11.3 Å². The molecule has 0 atom stereocenters. The summed E-state index contributed by atoms with van der Waals surface area (Å²) < 4.78 is 1.21. The van der Waals surface area contributed by atoms with E-state index in [2.05, 4.69) is 15.6 Å². The third-order valence-corrected chi connectivity index (χ3v) is 5.64. The third kappa shape index (κ3) is 4.77. The topological polar surface area (TPSA) is 136 Å². The van der Waals surface area contributed by atoms with Gasteiger partial charge >= 0.3 is 0 Å². The number of carbonyl (C=O) groups is 2. The number of nitro benzene ring substituents is 1. The van der Waals surface area contributed by atoms with E-state index in [0.717, 1.165) is 0 Å². The fourth-order valence-corrected chi connectivity index (χ4v) is 4.16. The molecule has 0 saturated heterocycles. The number of non-ortho nitro benzene ring substituents is 1. The monoisotopic (exact) mass is 463 g/mol. The molecule has 0 spiro atoms. The highest BCUT2D eigenvalue weighted by atomic mass is 32.1. The molecule has 4 rings (SSSR count). The van der Waals surface area contributed by atoms with Gasteiger partial charge in [0.25, 0.3) is 11.2 Å². The van der Waals surface area contributed by atoms with Crippen LogP contribution in [0, 0.1) is 10.1 Å². The van der Waals surface area contributed by atoms with Crippen molar-refractivity contribution < 1.29 is 14.5 Å². The molecule has 0 fully saturated rings. The molecule has 2 amide bonds. The van der Waals surface area contributed by atoms with Gasteiger partial charge in [-0.3, -0.25) is 29.1 Å². The minimum atomic E-state index is -0.490. The molecule has 33 heavy (non-hydrogen) atoms. The second kappa shape index (κ2) is 9.01. The largest absolute Gasteiger partial charge is 0.326 e. The highest BCUT2D eigenvalue weighted by Crippen LogP contribution is 2.31. The maximum atomic E-state index is 13.1. The van der Waals surface area contributed by atoms with Crippen molar-refractivity contribution in [3.63, 3.8) is 0 Å². The quantitative estimate of drug-likeness (QED) is 0.331. The average molecular weight is 463 g/mol. The standard InChI is InChI=1S/C22H17N5O5S/c1-13(28)24-15-4-6-16(7-5-15)25-19(29)10-26-12-23-21-20(22(26)30)18(11-33-21)14-2-8-17(9-3-14)27(31)32/h2-9,11-12H,10H2,1H3,(H,24,28)(H,25,29). The van der Waals surface area contributed by atoms with Gasteiger partial charge < -0.3 is 10.6 Å². The first-order chi connectivity index (χ1) is 15.8. The number of nitro groups is 1. The number of rotatable bonds is 6. The summed E-state index contributed by atoms with van der Waals surface area (Å²) in [5, 5.41) is 18.3. The number of nitrogens with zero attached hydrogens (tertiary/aromatic N) is 3. The number of hydrogen-bond donors (Lipinski definition) is 2. The van der Waals surface area contributed by atoms with Crippen LogP contribution in [0.1, 0.15) is 6.92 Å². The van der Waals surface area contributed by atoms with Crippen LogP contribution in [0.25, 0.3) is 21.3 Å². The minimum absolute atomic E-state index is 0.0457. The van der Waals surface area contributed by atoms with Gasteiger partial charge in [0.1, 0.15) is 11.4 Å². The van der Waals surface area contributed by atoms with Gasteiger partial charge in [-0.05, 0) is 42.0 Å². The number of thiophene rings is 1. The molecule has 0 unspecified atom stereocenters. The summed E-state index contributed by atoms with van der Waals surface area (Å²) in [6, 6.07) is 12.5. The van der Waals surface area contributed by atoms with Crippen LogP contribution in [-0.2, 0) is 16.1 Å². The van der Waals surface area contributed by atoms with E-state index in [9.17, 15) is 24.5 Å². The fourth-order valence-electron chi connectivity index (χ4n) is 3.25. The predicted molar refractivity (Wildman–Crippen MR) is 125 cm³/mol. The summed E-state index contributed by atoms with van der Waals surface area (Å²) in [5.41, 5.74) is 1.93. The van der Waals surface area contributed by atoms with Crippen LogP contribution in [0.3, 0.4) is 0 Å². The Morgan fingerprint density at radius 3 is 2.30 bits per heavy atom. The van der Waals surface area contributed by atoms with E-state index in [1.165, 1.54) is 41.3 Å². The molecule has 11 heteroatoms. The molecule has 0 saturated carbocycles. The first-order valence-corrected chi connectivity index (χ1v) is 10.6. The molecule has 2 aromatic heterocycles. The Bertz CT molecular complexity index is 1420.